The Kier molecular flexibility index (Phi) is 5.86. The highest BCUT2D eigenvalue weighted by Crippen LogP contribution is 2.25. The number of benzene rings is 1. The summed E-state index contributed by atoms with van der Waals surface area (Å²) in [6, 6.07) is 6.32. The van der Waals surface area contributed by atoms with Gasteiger partial charge in [0.1, 0.15) is 5.82 Å². The first-order chi connectivity index (χ1) is 14.9. The molecule has 0 radical (unpaired) electrons. The van der Waals surface area contributed by atoms with Crippen LogP contribution >= 0.6 is 11.8 Å². The van der Waals surface area contributed by atoms with E-state index in [2.05, 4.69) is 53.9 Å². The van der Waals surface area contributed by atoms with Gasteiger partial charge in [0.05, 0.1) is 5.75 Å². The minimum Gasteiger partial charge on any atom is -0.325 e. The molecule has 4 rings (SSSR count). The SMILES string of the molecule is CCCCn1c(=O)[nH]c(=O)c2c1nc(CSc1nccn1-c1ccc(C)c(C)c1)n2C. The summed E-state index contributed by atoms with van der Waals surface area (Å²) >= 11 is 1.54. The van der Waals surface area contributed by atoms with Crippen LogP contribution in [-0.2, 0) is 19.3 Å². The second kappa shape index (κ2) is 8.58. The molecule has 4 aromatic rings. The third-order valence-corrected chi connectivity index (χ3v) is 6.51. The molecule has 1 N–H and O–H groups in total. The number of aromatic amines is 1. The van der Waals surface area contributed by atoms with Crippen LogP contribution in [0.4, 0.5) is 0 Å². The number of aromatic nitrogens is 6. The van der Waals surface area contributed by atoms with Crippen LogP contribution in [0.5, 0.6) is 0 Å². The maximum Gasteiger partial charge on any atom is 0.330 e. The molecule has 3 aromatic heterocycles. The van der Waals surface area contributed by atoms with Crippen LogP contribution in [0.25, 0.3) is 16.9 Å². The maximum absolute atomic E-state index is 12.4. The zero-order chi connectivity index (χ0) is 22.1. The monoisotopic (exact) mass is 438 g/mol. The van der Waals surface area contributed by atoms with Crippen LogP contribution < -0.4 is 11.2 Å². The molecular weight excluding hydrogens is 412 g/mol. The molecule has 0 atom stereocenters. The van der Waals surface area contributed by atoms with Gasteiger partial charge >= 0.3 is 5.69 Å². The van der Waals surface area contributed by atoms with Gasteiger partial charge in [-0.2, -0.15) is 0 Å². The van der Waals surface area contributed by atoms with E-state index in [0.29, 0.717) is 23.5 Å². The van der Waals surface area contributed by atoms with Crippen molar-refractivity contribution in [3.05, 3.63) is 68.4 Å². The summed E-state index contributed by atoms with van der Waals surface area (Å²) < 4.78 is 5.38. The third kappa shape index (κ3) is 3.97. The van der Waals surface area contributed by atoms with Gasteiger partial charge in [-0.15, -0.1) is 0 Å². The van der Waals surface area contributed by atoms with Crippen LogP contribution in [0, 0.1) is 13.8 Å². The van der Waals surface area contributed by atoms with Crippen molar-refractivity contribution in [2.45, 2.75) is 51.1 Å². The molecule has 31 heavy (non-hydrogen) atoms. The maximum atomic E-state index is 12.4. The Morgan fingerprint density at radius 1 is 1.16 bits per heavy atom. The van der Waals surface area contributed by atoms with Gasteiger partial charge in [-0.25, -0.2) is 14.8 Å². The number of aryl methyl sites for hydroxylation is 4. The molecule has 0 aliphatic heterocycles. The standard InChI is InChI=1S/C22H26N6O2S/c1-5-6-10-28-19-18(20(29)25-21(28)30)26(4)17(24-19)13-31-22-23-9-11-27(22)16-8-7-14(2)15(3)12-16/h7-9,11-12H,5-6,10,13H2,1-4H3,(H,25,29,30). The Hall–Kier alpha value is -3.07. The van der Waals surface area contributed by atoms with Gasteiger partial charge in [-0.3, -0.25) is 18.9 Å². The Balaban J connectivity index is 1.66. The average Bonchev–Trinajstić information content (AvgIpc) is 3.33. The van der Waals surface area contributed by atoms with Gasteiger partial charge in [-0.05, 0) is 43.5 Å². The molecule has 0 bridgehead atoms. The number of H-pyrrole nitrogens is 1. The van der Waals surface area contributed by atoms with E-state index >= 15 is 0 Å². The van der Waals surface area contributed by atoms with Crippen LogP contribution in [-0.4, -0.2) is 28.7 Å². The number of imidazole rings is 2. The highest BCUT2D eigenvalue weighted by atomic mass is 32.2. The summed E-state index contributed by atoms with van der Waals surface area (Å²) in [5.74, 6) is 1.24. The molecule has 8 nitrogen and oxygen atoms in total. The molecule has 0 saturated heterocycles. The van der Waals surface area contributed by atoms with Crippen molar-refractivity contribution in [1.82, 2.24) is 28.7 Å². The largest absolute Gasteiger partial charge is 0.330 e. The van der Waals surface area contributed by atoms with E-state index in [0.717, 1.165) is 29.5 Å². The number of unbranched alkanes of at least 4 members (excludes halogenated alkanes) is 1. The number of nitrogens with one attached hydrogen (secondary N) is 1. The molecule has 1 aromatic carbocycles. The Morgan fingerprint density at radius 3 is 2.71 bits per heavy atom. The van der Waals surface area contributed by atoms with Crippen molar-refractivity contribution in [2.75, 3.05) is 0 Å². The number of hydrogen-bond donors (Lipinski definition) is 1. The lowest BCUT2D eigenvalue weighted by Crippen LogP contribution is -2.31. The lowest BCUT2D eigenvalue weighted by Gasteiger charge is -2.09. The molecule has 0 aliphatic rings. The lowest BCUT2D eigenvalue weighted by molar-refractivity contribution is 0.613. The number of hydrogen-bond acceptors (Lipinski definition) is 5. The van der Waals surface area contributed by atoms with Crippen LogP contribution in [0.2, 0.25) is 0 Å². The molecular formula is C22H26N6O2S. The molecule has 0 unspecified atom stereocenters. The number of thioether (sulfide) groups is 1. The van der Waals surface area contributed by atoms with Crippen molar-refractivity contribution < 1.29 is 0 Å². The first-order valence-corrected chi connectivity index (χ1v) is 11.3. The molecule has 0 saturated carbocycles. The first kappa shape index (κ1) is 21.2. The zero-order valence-corrected chi connectivity index (χ0v) is 19.0. The Labute approximate surface area is 184 Å². The van der Waals surface area contributed by atoms with E-state index in [-0.39, 0.29) is 0 Å². The topological polar surface area (TPSA) is 90.5 Å². The van der Waals surface area contributed by atoms with Crippen molar-refractivity contribution in [3.63, 3.8) is 0 Å². The fourth-order valence-corrected chi connectivity index (χ4v) is 4.50. The van der Waals surface area contributed by atoms with E-state index in [4.69, 9.17) is 0 Å². The van der Waals surface area contributed by atoms with Gasteiger partial charge in [0, 0.05) is 31.7 Å². The number of nitrogens with zero attached hydrogens (tertiary/aromatic N) is 5. The summed E-state index contributed by atoms with van der Waals surface area (Å²) in [5.41, 5.74) is 3.57. The highest BCUT2D eigenvalue weighted by molar-refractivity contribution is 7.98. The molecule has 0 fully saturated rings. The summed E-state index contributed by atoms with van der Waals surface area (Å²) in [5, 5.41) is 0.840. The second-order valence-electron chi connectivity index (χ2n) is 7.66. The summed E-state index contributed by atoms with van der Waals surface area (Å²) in [4.78, 5) is 36.3. The minimum atomic E-state index is -0.409. The summed E-state index contributed by atoms with van der Waals surface area (Å²) in [6.07, 6.45) is 5.51. The number of fused-ring (bicyclic) bond motifs is 1. The number of rotatable bonds is 7. The smallest absolute Gasteiger partial charge is 0.325 e. The van der Waals surface area contributed by atoms with E-state index in [1.807, 2.05) is 17.8 Å². The van der Waals surface area contributed by atoms with Crippen molar-refractivity contribution in [3.8, 4) is 5.69 Å². The molecule has 0 spiro atoms. The predicted molar refractivity (Wildman–Crippen MR) is 123 cm³/mol. The van der Waals surface area contributed by atoms with Crippen LogP contribution in [0.15, 0.2) is 45.3 Å². The highest BCUT2D eigenvalue weighted by Gasteiger charge is 2.17. The van der Waals surface area contributed by atoms with Crippen LogP contribution in [0.1, 0.15) is 36.7 Å². The van der Waals surface area contributed by atoms with Gasteiger partial charge in [0.25, 0.3) is 5.56 Å². The quantitative estimate of drug-likeness (QED) is 0.447. The van der Waals surface area contributed by atoms with Gasteiger partial charge in [0.2, 0.25) is 0 Å². The molecule has 9 heteroatoms. The van der Waals surface area contributed by atoms with E-state index < -0.39 is 11.2 Å². The first-order valence-electron chi connectivity index (χ1n) is 10.3. The average molecular weight is 439 g/mol. The van der Waals surface area contributed by atoms with E-state index in [1.165, 1.54) is 11.1 Å². The molecule has 0 amide bonds. The summed E-state index contributed by atoms with van der Waals surface area (Å²) in [6.45, 7) is 6.78. The molecule has 162 valence electrons. The third-order valence-electron chi connectivity index (χ3n) is 5.55. The van der Waals surface area contributed by atoms with Gasteiger partial charge in [0.15, 0.2) is 16.3 Å². The second-order valence-corrected chi connectivity index (χ2v) is 8.60. The van der Waals surface area contributed by atoms with E-state index in [9.17, 15) is 9.59 Å². The normalized spacial score (nSPS) is 11.5. The molecule has 3 heterocycles. The Morgan fingerprint density at radius 2 is 1.97 bits per heavy atom. The fourth-order valence-electron chi connectivity index (χ4n) is 3.54. The Bertz CT molecular complexity index is 1360. The summed E-state index contributed by atoms with van der Waals surface area (Å²) in [7, 11) is 1.81. The zero-order valence-electron chi connectivity index (χ0n) is 18.2. The lowest BCUT2D eigenvalue weighted by atomic mass is 10.1. The predicted octanol–water partition coefficient (Wildman–Crippen LogP) is 3.32. The minimum absolute atomic E-state index is 0.407. The van der Waals surface area contributed by atoms with E-state index in [1.54, 1.807) is 27.1 Å². The van der Waals surface area contributed by atoms with Gasteiger partial charge < -0.3 is 4.57 Å². The van der Waals surface area contributed by atoms with Crippen molar-refractivity contribution >= 4 is 22.9 Å². The van der Waals surface area contributed by atoms with Crippen molar-refractivity contribution in [2.24, 2.45) is 7.05 Å². The van der Waals surface area contributed by atoms with Crippen molar-refractivity contribution in [1.29, 1.82) is 0 Å². The van der Waals surface area contributed by atoms with Crippen LogP contribution in [0.3, 0.4) is 0 Å². The van der Waals surface area contributed by atoms with Gasteiger partial charge in [-0.1, -0.05) is 31.2 Å². The molecule has 0 aliphatic carbocycles. The fraction of sp³-hybridized carbons (Fsp3) is 0.364.